The Morgan fingerprint density at radius 1 is 1.33 bits per heavy atom. The predicted molar refractivity (Wildman–Crippen MR) is 98.4 cm³/mol. The van der Waals surface area contributed by atoms with Gasteiger partial charge in [-0.15, -0.1) is 0 Å². The van der Waals surface area contributed by atoms with E-state index >= 15 is 0 Å². The molecule has 0 atom stereocenters. The first-order valence-electron chi connectivity index (χ1n) is 8.48. The lowest BCUT2D eigenvalue weighted by Crippen LogP contribution is -3.12. The number of hydrogen-bond acceptors (Lipinski definition) is 4. The normalized spacial score (nSPS) is 20.6. The second kappa shape index (κ2) is 7.85. The fourth-order valence-corrected chi connectivity index (χ4v) is 3.65. The Morgan fingerprint density at radius 3 is 2.83 bits per heavy atom. The molecule has 5 nitrogen and oxygen atoms in total. The number of amidine groups is 1. The zero-order chi connectivity index (χ0) is 16.9. The van der Waals surface area contributed by atoms with Gasteiger partial charge in [0, 0.05) is 5.56 Å². The van der Waals surface area contributed by atoms with Gasteiger partial charge in [0.05, 0.1) is 44.7 Å². The number of nitrogens with zero attached hydrogens (tertiary/aromatic N) is 2. The van der Waals surface area contributed by atoms with E-state index in [0.29, 0.717) is 11.5 Å². The minimum Gasteiger partial charge on any atom is -0.493 e. The second-order valence-corrected chi connectivity index (χ2v) is 7.15. The molecule has 3 rings (SSSR count). The number of carbonyl (C=O) groups is 1. The number of thioether (sulfide) groups is 1. The van der Waals surface area contributed by atoms with Gasteiger partial charge in [-0.25, -0.2) is 0 Å². The van der Waals surface area contributed by atoms with Crippen molar-refractivity contribution >= 4 is 28.9 Å². The molecule has 6 heteroatoms. The number of likely N-dealkylation sites (N-methyl/N-ethyl adjacent to an activating group) is 1. The number of ether oxygens (including phenoxy) is 1. The van der Waals surface area contributed by atoms with Gasteiger partial charge in [0.25, 0.3) is 5.91 Å². The highest BCUT2D eigenvalue weighted by molar-refractivity contribution is 8.18. The Hall–Kier alpha value is -1.79. The van der Waals surface area contributed by atoms with Crippen LogP contribution in [0.15, 0.2) is 34.2 Å². The van der Waals surface area contributed by atoms with Gasteiger partial charge in [-0.05, 0) is 30.3 Å². The van der Waals surface area contributed by atoms with Crippen LogP contribution < -0.4 is 9.64 Å². The fraction of sp³-hybridized carbons (Fsp3) is 0.444. The zero-order valence-corrected chi connectivity index (χ0v) is 15.1. The number of aliphatic imine (C=N–C) groups is 1. The van der Waals surface area contributed by atoms with Gasteiger partial charge in [0.15, 0.2) is 5.17 Å². The summed E-state index contributed by atoms with van der Waals surface area (Å²) in [5.41, 5.74) is 0.932. The Bertz CT molecular complexity index is 664. The molecule has 1 saturated heterocycles. The summed E-state index contributed by atoms with van der Waals surface area (Å²) in [7, 11) is 2.20. The van der Waals surface area contributed by atoms with Crippen molar-refractivity contribution in [2.24, 2.45) is 4.99 Å². The number of piperazine rings is 1. The van der Waals surface area contributed by atoms with Crippen LogP contribution in [0.25, 0.3) is 6.08 Å². The van der Waals surface area contributed by atoms with E-state index in [2.05, 4.69) is 23.9 Å². The zero-order valence-electron chi connectivity index (χ0n) is 14.2. The number of para-hydroxylation sites is 1. The van der Waals surface area contributed by atoms with E-state index in [1.54, 1.807) is 0 Å². The van der Waals surface area contributed by atoms with Crippen LogP contribution in [0, 0.1) is 0 Å². The SMILES string of the molecule is CCCOc1ccccc1/C=C1/SC(N2CC[NH+](C)CC2)=NC1=O. The van der Waals surface area contributed by atoms with Crippen LogP contribution in [-0.4, -0.2) is 55.8 Å². The van der Waals surface area contributed by atoms with Crippen LogP contribution in [0.1, 0.15) is 18.9 Å². The lowest BCUT2D eigenvalue weighted by atomic mass is 10.2. The van der Waals surface area contributed by atoms with E-state index in [4.69, 9.17) is 4.74 Å². The molecular weight excluding hydrogens is 322 g/mol. The topological polar surface area (TPSA) is 46.3 Å². The van der Waals surface area contributed by atoms with Crippen molar-refractivity contribution in [2.75, 3.05) is 39.8 Å². The van der Waals surface area contributed by atoms with Crippen molar-refractivity contribution in [2.45, 2.75) is 13.3 Å². The molecule has 1 N–H and O–H groups in total. The van der Waals surface area contributed by atoms with Gasteiger partial charge in [0.2, 0.25) is 0 Å². The third kappa shape index (κ3) is 3.99. The summed E-state index contributed by atoms with van der Waals surface area (Å²) in [5, 5.41) is 0.839. The van der Waals surface area contributed by atoms with Gasteiger partial charge in [-0.2, -0.15) is 4.99 Å². The minimum atomic E-state index is -0.147. The summed E-state index contributed by atoms with van der Waals surface area (Å²) in [6.45, 7) is 6.83. The molecule has 1 aromatic rings. The Labute approximate surface area is 147 Å². The highest BCUT2D eigenvalue weighted by Crippen LogP contribution is 2.32. The summed E-state index contributed by atoms with van der Waals surface area (Å²) in [6, 6.07) is 7.83. The maximum atomic E-state index is 12.3. The quantitative estimate of drug-likeness (QED) is 0.835. The van der Waals surface area contributed by atoms with Crippen LogP contribution in [-0.2, 0) is 4.79 Å². The number of rotatable bonds is 4. The molecule has 2 aliphatic rings. The molecule has 128 valence electrons. The Balaban J connectivity index is 1.73. The summed E-state index contributed by atoms with van der Waals surface area (Å²) < 4.78 is 5.77. The molecule has 0 aliphatic carbocycles. The Morgan fingerprint density at radius 2 is 2.08 bits per heavy atom. The third-order valence-corrected chi connectivity index (χ3v) is 5.21. The van der Waals surface area contributed by atoms with E-state index in [-0.39, 0.29) is 5.91 Å². The maximum Gasteiger partial charge on any atom is 0.286 e. The second-order valence-electron chi connectivity index (χ2n) is 6.14. The van der Waals surface area contributed by atoms with E-state index < -0.39 is 0 Å². The van der Waals surface area contributed by atoms with Crippen molar-refractivity contribution in [3.05, 3.63) is 34.7 Å². The van der Waals surface area contributed by atoms with Gasteiger partial charge in [-0.1, -0.05) is 25.1 Å². The molecule has 2 heterocycles. The van der Waals surface area contributed by atoms with Gasteiger partial charge < -0.3 is 14.5 Å². The molecular formula is C18H24N3O2S+. The molecule has 0 spiro atoms. The highest BCUT2D eigenvalue weighted by atomic mass is 32.2. The van der Waals surface area contributed by atoms with E-state index in [9.17, 15) is 4.79 Å². The summed E-state index contributed by atoms with van der Waals surface area (Å²) in [4.78, 5) is 20.9. The van der Waals surface area contributed by atoms with E-state index in [0.717, 1.165) is 49.1 Å². The van der Waals surface area contributed by atoms with Crippen LogP contribution in [0.4, 0.5) is 0 Å². The molecule has 2 aliphatic heterocycles. The average molecular weight is 346 g/mol. The van der Waals surface area contributed by atoms with Crippen molar-refractivity contribution in [1.29, 1.82) is 0 Å². The van der Waals surface area contributed by atoms with Crippen LogP contribution in [0.5, 0.6) is 5.75 Å². The van der Waals surface area contributed by atoms with E-state index in [1.807, 2.05) is 30.3 Å². The molecule has 24 heavy (non-hydrogen) atoms. The summed E-state index contributed by atoms with van der Waals surface area (Å²) in [6.07, 6.45) is 2.85. The fourth-order valence-electron chi connectivity index (χ4n) is 2.70. The number of carbonyl (C=O) groups excluding carboxylic acids is 1. The maximum absolute atomic E-state index is 12.3. The number of nitrogens with one attached hydrogen (secondary N) is 1. The number of hydrogen-bond donors (Lipinski definition) is 1. The Kier molecular flexibility index (Phi) is 5.58. The monoisotopic (exact) mass is 346 g/mol. The van der Waals surface area contributed by atoms with Gasteiger partial charge in [0.1, 0.15) is 5.75 Å². The van der Waals surface area contributed by atoms with Gasteiger partial charge >= 0.3 is 0 Å². The number of quaternary nitrogens is 1. The molecule has 1 fully saturated rings. The first-order chi connectivity index (χ1) is 11.7. The van der Waals surface area contributed by atoms with Crippen LogP contribution in [0.3, 0.4) is 0 Å². The average Bonchev–Trinajstić information content (AvgIpc) is 2.95. The molecule has 0 unspecified atom stereocenters. The first kappa shape index (κ1) is 17.0. The number of amides is 1. The predicted octanol–water partition coefficient (Wildman–Crippen LogP) is 1.28. The van der Waals surface area contributed by atoms with Crippen LogP contribution >= 0.6 is 11.8 Å². The lowest BCUT2D eigenvalue weighted by Gasteiger charge is -2.30. The lowest BCUT2D eigenvalue weighted by molar-refractivity contribution is -0.883. The molecule has 0 bridgehead atoms. The van der Waals surface area contributed by atoms with Crippen molar-refractivity contribution in [3.63, 3.8) is 0 Å². The van der Waals surface area contributed by atoms with Crippen molar-refractivity contribution in [3.8, 4) is 5.75 Å². The summed E-state index contributed by atoms with van der Waals surface area (Å²) >= 11 is 1.48. The highest BCUT2D eigenvalue weighted by Gasteiger charge is 2.28. The van der Waals surface area contributed by atoms with Crippen molar-refractivity contribution in [1.82, 2.24) is 4.90 Å². The largest absolute Gasteiger partial charge is 0.493 e. The van der Waals surface area contributed by atoms with Crippen LogP contribution in [0.2, 0.25) is 0 Å². The first-order valence-corrected chi connectivity index (χ1v) is 9.29. The number of benzene rings is 1. The molecule has 1 amide bonds. The minimum absolute atomic E-state index is 0.147. The van der Waals surface area contributed by atoms with Gasteiger partial charge in [-0.3, -0.25) is 4.79 Å². The summed E-state index contributed by atoms with van der Waals surface area (Å²) in [5.74, 6) is 0.670. The smallest absolute Gasteiger partial charge is 0.286 e. The standard InChI is InChI=1S/C18H23N3O2S/c1-3-12-23-15-7-5-4-6-14(15)13-16-17(22)19-18(24-16)21-10-8-20(2)9-11-21/h4-7,13H,3,8-12H2,1-2H3/p+1/b16-13+. The molecule has 0 saturated carbocycles. The van der Waals surface area contributed by atoms with Crippen molar-refractivity contribution < 1.29 is 14.4 Å². The molecule has 1 aromatic carbocycles. The third-order valence-electron chi connectivity index (χ3n) is 4.16. The molecule has 0 radical (unpaired) electrons. The van der Waals surface area contributed by atoms with E-state index in [1.165, 1.54) is 16.7 Å². The molecule has 0 aromatic heterocycles.